The van der Waals surface area contributed by atoms with Crippen molar-refractivity contribution in [2.75, 3.05) is 38.3 Å². The number of nitrogens with one attached hydrogen (secondary N) is 1. The molecule has 0 saturated heterocycles. The normalized spacial score (nSPS) is 13.9. The second-order valence-electron chi connectivity index (χ2n) is 4.24. The molecule has 0 saturated carbocycles. The van der Waals surface area contributed by atoms with Gasteiger partial charge in [0, 0.05) is 19.4 Å². The maximum absolute atomic E-state index is 11.5. The van der Waals surface area contributed by atoms with Gasteiger partial charge in [0.05, 0.1) is 12.4 Å². The number of methoxy groups -OCH3 is 1. The van der Waals surface area contributed by atoms with Gasteiger partial charge in [-0.05, 0) is 25.3 Å². The van der Waals surface area contributed by atoms with Crippen molar-refractivity contribution in [1.82, 2.24) is 5.32 Å². The van der Waals surface area contributed by atoms with Crippen LogP contribution in [0.5, 0.6) is 0 Å². The summed E-state index contributed by atoms with van der Waals surface area (Å²) < 4.78 is 27.9. The molecule has 0 spiro atoms. The maximum atomic E-state index is 11.5. The molecule has 0 rings (SSSR count). The minimum atomic E-state index is -2.81. The van der Waals surface area contributed by atoms with E-state index in [0.29, 0.717) is 30.5 Å². The Hall–Kier alpha value is -0.130. The highest BCUT2D eigenvalue weighted by molar-refractivity contribution is 7.91. The van der Waals surface area contributed by atoms with E-state index in [1.165, 1.54) is 0 Å². The second-order valence-corrected chi connectivity index (χ2v) is 6.55. The van der Waals surface area contributed by atoms with Crippen molar-refractivity contribution >= 4 is 9.84 Å². The van der Waals surface area contributed by atoms with E-state index in [0.717, 1.165) is 19.5 Å². The van der Waals surface area contributed by atoms with Crippen molar-refractivity contribution in [3.8, 4) is 0 Å². The fourth-order valence-electron chi connectivity index (χ4n) is 1.42. The first-order valence-corrected chi connectivity index (χ1v) is 7.74. The number of hydrogen-bond donors (Lipinski definition) is 1. The third-order valence-electron chi connectivity index (χ3n) is 2.41. The van der Waals surface area contributed by atoms with E-state index in [2.05, 4.69) is 12.2 Å². The summed E-state index contributed by atoms with van der Waals surface area (Å²) in [7, 11) is -1.15. The van der Waals surface area contributed by atoms with E-state index < -0.39 is 9.84 Å². The van der Waals surface area contributed by atoms with Gasteiger partial charge in [-0.3, -0.25) is 0 Å². The molecular formula is C11H25NO3S. The number of rotatable bonds is 10. The average Bonchev–Trinajstić information content (AvgIpc) is 2.22. The molecule has 1 N–H and O–H groups in total. The number of sulfone groups is 1. The molecule has 1 atom stereocenters. The van der Waals surface area contributed by atoms with Gasteiger partial charge in [-0.15, -0.1) is 0 Å². The molecule has 4 nitrogen and oxygen atoms in total. The fraction of sp³-hybridized carbons (Fsp3) is 1.00. The Kier molecular flexibility index (Phi) is 8.89. The Balaban J connectivity index is 3.60. The van der Waals surface area contributed by atoms with Crippen molar-refractivity contribution < 1.29 is 13.2 Å². The monoisotopic (exact) mass is 251 g/mol. The lowest BCUT2D eigenvalue weighted by atomic mass is 10.1. The van der Waals surface area contributed by atoms with Gasteiger partial charge in [-0.1, -0.05) is 13.8 Å². The Bertz CT molecular complexity index is 252. The van der Waals surface area contributed by atoms with E-state index in [9.17, 15) is 8.42 Å². The highest BCUT2D eigenvalue weighted by Gasteiger charge is 2.11. The minimum Gasteiger partial charge on any atom is -0.383 e. The molecule has 0 radical (unpaired) electrons. The van der Waals surface area contributed by atoms with Crippen molar-refractivity contribution in [3.63, 3.8) is 0 Å². The third kappa shape index (κ3) is 9.12. The van der Waals surface area contributed by atoms with Crippen LogP contribution in [-0.2, 0) is 14.6 Å². The van der Waals surface area contributed by atoms with Crippen LogP contribution in [-0.4, -0.2) is 46.7 Å². The molecular weight excluding hydrogens is 226 g/mol. The summed E-state index contributed by atoms with van der Waals surface area (Å²) in [4.78, 5) is 0. The topological polar surface area (TPSA) is 55.4 Å². The van der Waals surface area contributed by atoms with Crippen LogP contribution in [0.3, 0.4) is 0 Å². The van der Waals surface area contributed by atoms with Crippen molar-refractivity contribution in [2.45, 2.75) is 26.7 Å². The molecule has 0 amide bonds. The van der Waals surface area contributed by atoms with E-state index in [1.54, 1.807) is 7.11 Å². The molecule has 0 aliphatic heterocycles. The summed E-state index contributed by atoms with van der Waals surface area (Å²) in [6, 6.07) is 0. The molecule has 0 heterocycles. The van der Waals surface area contributed by atoms with Crippen molar-refractivity contribution in [3.05, 3.63) is 0 Å². The molecule has 0 fully saturated rings. The van der Waals surface area contributed by atoms with Gasteiger partial charge in [-0.25, -0.2) is 8.42 Å². The van der Waals surface area contributed by atoms with Crippen molar-refractivity contribution in [2.24, 2.45) is 5.92 Å². The van der Waals surface area contributed by atoms with Crippen LogP contribution in [0.1, 0.15) is 26.7 Å². The standard InChI is InChI=1S/C11H25NO3S/c1-4-8-16(13,14)9-5-11(2)10-12-6-7-15-3/h11-12H,4-10H2,1-3H3. The van der Waals surface area contributed by atoms with Gasteiger partial charge in [0.1, 0.15) is 9.84 Å². The zero-order chi connectivity index (χ0) is 12.4. The molecule has 0 aromatic rings. The number of hydrogen-bond acceptors (Lipinski definition) is 4. The van der Waals surface area contributed by atoms with Crippen LogP contribution in [0, 0.1) is 5.92 Å². The predicted molar refractivity (Wildman–Crippen MR) is 67.5 cm³/mol. The van der Waals surface area contributed by atoms with E-state index in [-0.39, 0.29) is 0 Å². The summed E-state index contributed by atoms with van der Waals surface area (Å²) in [5, 5.41) is 3.23. The lowest BCUT2D eigenvalue weighted by Crippen LogP contribution is -2.26. The second kappa shape index (κ2) is 8.96. The van der Waals surface area contributed by atoms with Crippen LogP contribution < -0.4 is 5.32 Å². The minimum absolute atomic E-state index is 0.313. The molecule has 0 aliphatic carbocycles. The Morgan fingerprint density at radius 1 is 1.31 bits per heavy atom. The first-order chi connectivity index (χ1) is 7.52. The quantitative estimate of drug-likeness (QED) is 0.590. The van der Waals surface area contributed by atoms with E-state index >= 15 is 0 Å². The Labute approximate surface area is 99.7 Å². The molecule has 98 valence electrons. The first-order valence-electron chi connectivity index (χ1n) is 5.92. The van der Waals surface area contributed by atoms with Gasteiger partial charge in [0.25, 0.3) is 0 Å². The predicted octanol–water partition coefficient (Wildman–Crippen LogP) is 1.07. The van der Waals surface area contributed by atoms with Crippen LogP contribution in [0.25, 0.3) is 0 Å². The fourth-order valence-corrected chi connectivity index (χ4v) is 3.01. The lowest BCUT2D eigenvalue weighted by molar-refractivity contribution is 0.198. The van der Waals surface area contributed by atoms with Crippen LogP contribution in [0.15, 0.2) is 0 Å². The summed E-state index contributed by atoms with van der Waals surface area (Å²) in [6.45, 7) is 6.34. The van der Waals surface area contributed by atoms with Crippen LogP contribution >= 0.6 is 0 Å². The average molecular weight is 251 g/mol. The third-order valence-corrected chi connectivity index (χ3v) is 4.30. The summed E-state index contributed by atoms with van der Waals surface area (Å²) in [5.74, 6) is 1.02. The maximum Gasteiger partial charge on any atom is 0.150 e. The first kappa shape index (κ1) is 15.9. The lowest BCUT2D eigenvalue weighted by Gasteiger charge is -2.12. The largest absolute Gasteiger partial charge is 0.383 e. The smallest absolute Gasteiger partial charge is 0.150 e. The summed E-state index contributed by atoms with van der Waals surface area (Å²) in [5.41, 5.74) is 0. The number of ether oxygens (including phenoxy) is 1. The van der Waals surface area contributed by atoms with Gasteiger partial charge in [-0.2, -0.15) is 0 Å². The Morgan fingerprint density at radius 3 is 2.56 bits per heavy atom. The van der Waals surface area contributed by atoms with Gasteiger partial charge in [0.15, 0.2) is 0 Å². The molecule has 0 bridgehead atoms. The summed E-state index contributed by atoms with van der Waals surface area (Å²) >= 11 is 0. The molecule has 0 aromatic carbocycles. The van der Waals surface area contributed by atoms with Gasteiger partial charge < -0.3 is 10.1 Å². The van der Waals surface area contributed by atoms with Gasteiger partial charge >= 0.3 is 0 Å². The highest BCUT2D eigenvalue weighted by atomic mass is 32.2. The SMILES string of the molecule is CCCS(=O)(=O)CCC(C)CNCCOC. The zero-order valence-electron chi connectivity index (χ0n) is 10.7. The van der Waals surface area contributed by atoms with Crippen LogP contribution in [0.4, 0.5) is 0 Å². The Morgan fingerprint density at radius 2 is 2.00 bits per heavy atom. The molecule has 5 heteroatoms. The zero-order valence-corrected chi connectivity index (χ0v) is 11.5. The summed E-state index contributed by atoms with van der Waals surface area (Å²) in [6.07, 6.45) is 1.45. The van der Waals surface area contributed by atoms with Gasteiger partial charge in [0.2, 0.25) is 0 Å². The van der Waals surface area contributed by atoms with E-state index in [4.69, 9.17) is 4.74 Å². The van der Waals surface area contributed by atoms with Crippen LogP contribution in [0.2, 0.25) is 0 Å². The highest BCUT2D eigenvalue weighted by Crippen LogP contribution is 2.05. The molecule has 0 aliphatic rings. The molecule has 0 aromatic heterocycles. The molecule has 16 heavy (non-hydrogen) atoms. The van der Waals surface area contributed by atoms with E-state index in [1.807, 2.05) is 6.92 Å². The molecule has 1 unspecified atom stereocenters. The van der Waals surface area contributed by atoms with Crippen molar-refractivity contribution in [1.29, 1.82) is 0 Å².